The molecule has 3 aliphatic rings. The van der Waals surface area contributed by atoms with Gasteiger partial charge in [0.05, 0.1) is 6.61 Å². The van der Waals surface area contributed by atoms with Crippen LogP contribution in [0.3, 0.4) is 0 Å². The van der Waals surface area contributed by atoms with Gasteiger partial charge in [0.25, 0.3) is 0 Å². The molecule has 0 aromatic carbocycles. The van der Waals surface area contributed by atoms with Gasteiger partial charge in [0.1, 0.15) is 0 Å². The summed E-state index contributed by atoms with van der Waals surface area (Å²) in [5.41, 5.74) is 4.80. The third kappa shape index (κ3) is 3.88. The van der Waals surface area contributed by atoms with Crippen LogP contribution >= 0.6 is 0 Å². The molecule has 1 heteroatoms. The number of aliphatic hydroxyl groups excluding tert-OH is 1. The lowest BCUT2D eigenvalue weighted by molar-refractivity contribution is 0.121. The Kier molecular flexibility index (Phi) is 6.17. The van der Waals surface area contributed by atoms with E-state index in [1.54, 1.807) is 5.57 Å². The zero-order chi connectivity index (χ0) is 18.9. The van der Waals surface area contributed by atoms with Gasteiger partial charge in [-0.1, -0.05) is 49.3 Å². The topological polar surface area (TPSA) is 20.2 Å². The van der Waals surface area contributed by atoms with E-state index in [9.17, 15) is 5.11 Å². The fourth-order valence-electron chi connectivity index (χ4n) is 6.48. The van der Waals surface area contributed by atoms with Gasteiger partial charge in [-0.15, -0.1) is 0 Å². The molecule has 2 fully saturated rings. The molecule has 0 aromatic heterocycles. The molecule has 0 spiro atoms. The van der Waals surface area contributed by atoms with Gasteiger partial charge in [-0.05, 0) is 100 Å². The second-order valence-corrected chi connectivity index (χ2v) is 10.0. The quantitative estimate of drug-likeness (QED) is 0.544. The summed E-state index contributed by atoms with van der Waals surface area (Å²) in [6.07, 6.45) is 15.3. The lowest BCUT2D eigenvalue weighted by Crippen LogP contribution is -2.32. The van der Waals surface area contributed by atoms with E-state index in [1.165, 1.54) is 50.5 Å². The Bertz CT molecular complexity index is 583. The Morgan fingerprint density at radius 2 is 2.15 bits per heavy atom. The smallest absolute Gasteiger partial charge is 0.0639 e. The highest BCUT2D eigenvalue weighted by Crippen LogP contribution is 2.59. The molecule has 146 valence electrons. The van der Waals surface area contributed by atoms with Gasteiger partial charge in [0.15, 0.2) is 0 Å². The molecule has 6 unspecified atom stereocenters. The van der Waals surface area contributed by atoms with Crippen LogP contribution in [0.5, 0.6) is 0 Å². The Hall–Kier alpha value is -0.820. The van der Waals surface area contributed by atoms with Crippen LogP contribution in [0.4, 0.5) is 0 Å². The first-order valence-corrected chi connectivity index (χ1v) is 11.0. The Balaban J connectivity index is 1.73. The lowest BCUT2D eigenvalue weighted by atomic mass is 9.64. The number of hydrogen-bond acceptors (Lipinski definition) is 1. The van der Waals surface area contributed by atoms with Crippen molar-refractivity contribution in [1.29, 1.82) is 0 Å². The molecule has 0 radical (unpaired) electrons. The fraction of sp³-hybridized carbons (Fsp3) is 0.760. The number of hydrogen-bond donors (Lipinski definition) is 1. The predicted molar refractivity (Wildman–Crippen MR) is 112 cm³/mol. The maximum Gasteiger partial charge on any atom is 0.0639 e. The third-order valence-corrected chi connectivity index (χ3v) is 8.31. The van der Waals surface area contributed by atoms with Gasteiger partial charge in [-0.3, -0.25) is 0 Å². The molecule has 2 saturated carbocycles. The molecule has 0 amide bonds. The van der Waals surface area contributed by atoms with Crippen molar-refractivity contribution in [3.8, 4) is 0 Å². The molecule has 3 aliphatic carbocycles. The van der Waals surface area contributed by atoms with Crippen molar-refractivity contribution in [1.82, 2.24) is 0 Å². The molecule has 1 nitrogen and oxygen atoms in total. The summed E-state index contributed by atoms with van der Waals surface area (Å²) in [6, 6.07) is 0. The summed E-state index contributed by atoms with van der Waals surface area (Å²) in [4.78, 5) is 0. The maximum absolute atomic E-state index is 9.20. The molecule has 0 saturated heterocycles. The van der Waals surface area contributed by atoms with E-state index in [2.05, 4.69) is 39.5 Å². The van der Waals surface area contributed by atoms with Crippen molar-refractivity contribution >= 4 is 0 Å². The molecule has 0 heterocycles. The predicted octanol–water partition coefficient (Wildman–Crippen LogP) is 6.70. The maximum atomic E-state index is 9.20. The van der Waals surface area contributed by atoms with E-state index in [-0.39, 0.29) is 6.61 Å². The van der Waals surface area contributed by atoms with E-state index in [0.29, 0.717) is 5.41 Å². The minimum Gasteiger partial charge on any atom is -0.392 e. The summed E-state index contributed by atoms with van der Waals surface area (Å²) >= 11 is 0. The summed E-state index contributed by atoms with van der Waals surface area (Å²) in [7, 11) is 0. The molecule has 0 bridgehead atoms. The first-order valence-electron chi connectivity index (χ1n) is 11.0. The molecule has 0 aromatic rings. The number of allylic oxidation sites excluding steroid dienone is 4. The van der Waals surface area contributed by atoms with Crippen LogP contribution in [0.15, 0.2) is 35.5 Å². The van der Waals surface area contributed by atoms with Crippen LogP contribution in [-0.4, -0.2) is 11.7 Å². The van der Waals surface area contributed by atoms with E-state index in [0.717, 1.165) is 41.6 Å². The van der Waals surface area contributed by atoms with Crippen molar-refractivity contribution in [2.45, 2.75) is 79.1 Å². The van der Waals surface area contributed by atoms with Gasteiger partial charge in [-0.2, -0.15) is 0 Å². The first kappa shape index (κ1) is 19.9. The van der Waals surface area contributed by atoms with Gasteiger partial charge in [-0.25, -0.2) is 0 Å². The zero-order valence-corrected chi connectivity index (χ0v) is 17.6. The zero-order valence-electron chi connectivity index (χ0n) is 17.6. The number of aliphatic hydroxyl groups is 1. The molecular weight excluding hydrogens is 316 g/mol. The van der Waals surface area contributed by atoms with Gasteiger partial charge < -0.3 is 5.11 Å². The third-order valence-electron chi connectivity index (χ3n) is 8.31. The summed E-state index contributed by atoms with van der Waals surface area (Å²) in [5, 5.41) is 9.20. The summed E-state index contributed by atoms with van der Waals surface area (Å²) in [6.45, 7) is 14.1. The lowest BCUT2D eigenvalue weighted by Gasteiger charge is -2.41. The van der Waals surface area contributed by atoms with E-state index >= 15 is 0 Å². The summed E-state index contributed by atoms with van der Waals surface area (Å²) < 4.78 is 0. The van der Waals surface area contributed by atoms with Crippen LogP contribution in [0, 0.1) is 35.0 Å². The van der Waals surface area contributed by atoms with Gasteiger partial charge in [0, 0.05) is 0 Å². The van der Waals surface area contributed by atoms with Crippen LogP contribution in [0.25, 0.3) is 0 Å². The highest BCUT2D eigenvalue weighted by atomic mass is 16.3. The normalized spacial score (nSPS) is 39.0. The number of rotatable bonds is 5. The molecule has 26 heavy (non-hydrogen) atoms. The average Bonchev–Trinajstić information content (AvgIpc) is 3.12. The van der Waals surface area contributed by atoms with Crippen molar-refractivity contribution in [3.05, 3.63) is 35.5 Å². The van der Waals surface area contributed by atoms with E-state index in [1.807, 2.05) is 6.92 Å². The highest BCUT2D eigenvalue weighted by Gasteiger charge is 2.49. The molecule has 0 aliphatic heterocycles. The van der Waals surface area contributed by atoms with Crippen molar-refractivity contribution in [2.75, 3.05) is 6.61 Å². The highest BCUT2D eigenvalue weighted by molar-refractivity contribution is 5.22. The largest absolute Gasteiger partial charge is 0.392 e. The van der Waals surface area contributed by atoms with Crippen LogP contribution in [0.1, 0.15) is 79.1 Å². The SMILES string of the molecule is C=C1CCC2C(C)=CCC3C(C(C)CCC=C(C)CO)CCC3(C)CC12. The van der Waals surface area contributed by atoms with Crippen molar-refractivity contribution in [2.24, 2.45) is 35.0 Å². The fourth-order valence-corrected chi connectivity index (χ4v) is 6.48. The second-order valence-electron chi connectivity index (χ2n) is 10.0. The standard InChI is InChI=1S/C25H40O/c1-17(16-26)7-6-8-18(2)22-13-14-25(5)15-23-20(4)9-11-21(23)19(3)10-12-24(22)25/h7,10,18,21-24,26H,4,6,8-9,11-16H2,1-3,5H3. The van der Waals surface area contributed by atoms with Crippen LogP contribution in [0.2, 0.25) is 0 Å². The summed E-state index contributed by atoms with van der Waals surface area (Å²) in [5.74, 6) is 4.00. The minimum absolute atomic E-state index is 0.203. The van der Waals surface area contributed by atoms with Crippen molar-refractivity contribution < 1.29 is 5.11 Å². The monoisotopic (exact) mass is 356 g/mol. The Labute approximate surface area is 161 Å². The van der Waals surface area contributed by atoms with E-state index in [4.69, 9.17) is 0 Å². The second kappa shape index (κ2) is 8.05. The Morgan fingerprint density at radius 3 is 2.88 bits per heavy atom. The first-order chi connectivity index (χ1) is 12.4. The average molecular weight is 357 g/mol. The molecule has 6 atom stereocenters. The molecular formula is C25H40O. The van der Waals surface area contributed by atoms with Crippen LogP contribution in [-0.2, 0) is 0 Å². The minimum atomic E-state index is 0.203. The van der Waals surface area contributed by atoms with Crippen molar-refractivity contribution in [3.63, 3.8) is 0 Å². The number of fused-ring (bicyclic) bond motifs is 2. The molecule has 1 N–H and O–H groups in total. The van der Waals surface area contributed by atoms with Crippen LogP contribution < -0.4 is 0 Å². The van der Waals surface area contributed by atoms with E-state index < -0.39 is 0 Å². The van der Waals surface area contributed by atoms with Gasteiger partial charge in [0.2, 0.25) is 0 Å². The Morgan fingerprint density at radius 1 is 1.38 bits per heavy atom. The van der Waals surface area contributed by atoms with Gasteiger partial charge >= 0.3 is 0 Å². The molecule has 3 rings (SSSR count).